The van der Waals surface area contributed by atoms with Crippen LogP contribution in [0.4, 0.5) is 0 Å². The molecule has 2 aromatic heterocycles. The number of thiazole rings is 1. The summed E-state index contributed by atoms with van der Waals surface area (Å²) in [6.45, 7) is 13.3. The molecule has 2 N–H and O–H groups in total. The summed E-state index contributed by atoms with van der Waals surface area (Å²) >= 11 is 1.72. The Morgan fingerprint density at radius 2 is 1.95 bits per heavy atom. The van der Waals surface area contributed by atoms with E-state index in [0.29, 0.717) is 13.1 Å². The third-order valence-corrected chi connectivity index (χ3v) is 5.01. The summed E-state index contributed by atoms with van der Waals surface area (Å²) in [5.74, 6) is 1.60. The third kappa shape index (κ3) is 3.97. The molecule has 0 spiro atoms. The van der Waals surface area contributed by atoms with Crippen LogP contribution in [0.5, 0.6) is 0 Å². The van der Waals surface area contributed by atoms with Crippen LogP contribution in [-0.4, -0.2) is 16.6 Å². The lowest BCUT2D eigenvalue weighted by Crippen LogP contribution is -2.35. The number of aliphatic hydroxyl groups is 1. The van der Waals surface area contributed by atoms with E-state index in [0.717, 1.165) is 22.1 Å². The molecular formula is C17H26N2O2S. The first kappa shape index (κ1) is 17.2. The SMILES string of the molecule is Cc1cc(C(C)(O)CNCc2cnc(C(C)(C)C)s2)c(C)o1. The molecule has 0 saturated heterocycles. The van der Waals surface area contributed by atoms with Gasteiger partial charge in [-0.05, 0) is 26.8 Å². The number of nitrogens with one attached hydrogen (secondary N) is 1. The Kier molecular flexibility index (Phi) is 4.80. The van der Waals surface area contributed by atoms with Crippen LogP contribution in [0.2, 0.25) is 0 Å². The van der Waals surface area contributed by atoms with Gasteiger partial charge in [-0.3, -0.25) is 0 Å². The molecule has 1 unspecified atom stereocenters. The van der Waals surface area contributed by atoms with Crippen molar-refractivity contribution in [3.63, 3.8) is 0 Å². The average Bonchev–Trinajstić information content (AvgIpc) is 2.95. The fraction of sp³-hybridized carbons (Fsp3) is 0.588. The first-order valence-corrected chi connectivity index (χ1v) is 8.37. The average molecular weight is 322 g/mol. The summed E-state index contributed by atoms with van der Waals surface area (Å²) in [6.07, 6.45) is 1.92. The first-order valence-electron chi connectivity index (χ1n) is 7.55. The summed E-state index contributed by atoms with van der Waals surface area (Å²) in [5, 5.41) is 15.1. The Bertz CT molecular complexity index is 635. The van der Waals surface area contributed by atoms with E-state index >= 15 is 0 Å². The third-order valence-electron chi connectivity index (χ3n) is 3.58. The summed E-state index contributed by atoms with van der Waals surface area (Å²) in [6, 6.07) is 1.90. The summed E-state index contributed by atoms with van der Waals surface area (Å²) in [4.78, 5) is 5.66. The standard InChI is InChI=1S/C17H26N2O2S/c1-11-7-14(12(2)21-11)17(6,20)10-18-8-13-9-19-15(22-13)16(3,4)5/h7,9,18,20H,8,10H2,1-6H3. The Morgan fingerprint density at radius 1 is 1.27 bits per heavy atom. The van der Waals surface area contributed by atoms with Gasteiger partial charge in [0.2, 0.25) is 0 Å². The zero-order valence-electron chi connectivity index (χ0n) is 14.3. The number of aryl methyl sites for hydroxylation is 2. The van der Waals surface area contributed by atoms with E-state index in [4.69, 9.17) is 4.42 Å². The van der Waals surface area contributed by atoms with E-state index in [-0.39, 0.29) is 5.41 Å². The van der Waals surface area contributed by atoms with E-state index in [1.54, 1.807) is 11.3 Å². The molecule has 0 aliphatic heterocycles. The highest BCUT2D eigenvalue weighted by atomic mass is 32.1. The summed E-state index contributed by atoms with van der Waals surface area (Å²) in [5.41, 5.74) is -0.0173. The molecule has 0 bridgehead atoms. The molecule has 2 heterocycles. The van der Waals surface area contributed by atoms with E-state index in [1.165, 1.54) is 4.88 Å². The van der Waals surface area contributed by atoms with Gasteiger partial charge >= 0.3 is 0 Å². The molecular weight excluding hydrogens is 296 g/mol. The molecule has 0 aliphatic rings. The number of nitrogens with zero attached hydrogens (tertiary/aromatic N) is 1. The maximum absolute atomic E-state index is 10.7. The van der Waals surface area contributed by atoms with Gasteiger partial charge in [-0.2, -0.15) is 0 Å². The monoisotopic (exact) mass is 322 g/mol. The minimum atomic E-state index is -0.945. The minimum absolute atomic E-state index is 0.0832. The lowest BCUT2D eigenvalue weighted by molar-refractivity contribution is 0.0552. The minimum Gasteiger partial charge on any atom is -0.466 e. The molecule has 2 aromatic rings. The van der Waals surface area contributed by atoms with Crippen molar-refractivity contribution in [2.24, 2.45) is 0 Å². The normalized spacial score (nSPS) is 15.0. The van der Waals surface area contributed by atoms with Gasteiger partial charge in [0.1, 0.15) is 17.1 Å². The van der Waals surface area contributed by atoms with Crippen LogP contribution >= 0.6 is 11.3 Å². The molecule has 0 aliphatic carbocycles. The number of furan rings is 1. The number of hydrogen-bond acceptors (Lipinski definition) is 5. The van der Waals surface area contributed by atoms with Crippen molar-refractivity contribution in [1.29, 1.82) is 0 Å². The van der Waals surface area contributed by atoms with Crippen molar-refractivity contribution in [2.75, 3.05) is 6.54 Å². The zero-order valence-corrected chi connectivity index (χ0v) is 15.1. The van der Waals surface area contributed by atoms with Gasteiger partial charge in [0.05, 0.1) is 5.01 Å². The first-order chi connectivity index (χ1) is 10.1. The number of rotatable bonds is 5. The van der Waals surface area contributed by atoms with Crippen LogP contribution in [0.15, 0.2) is 16.7 Å². The zero-order chi connectivity index (χ0) is 16.5. The Labute approximate surface area is 136 Å². The summed E-state index contributed by atoms with van der Waals surface area (Å²) < 4.78 is 5.51. The predicted octanol–water partition coefficient (Wildman–Crippen LogP) is 3.65. The molecule has 22 heavy (non-hydrogen) atoms. The molecule has 5 heteroatoms. The van der Waals surface area contributed by atoms with Crippen molar-refractivity contribution in [3.05, 3.63) is 39.2 Å². The van der Waals surface area contributed by atoms with Gasteiger partial charge in [0, 0.05) is 35.1 Å². The fourth-order valence-electron chi connectivity index (χ4n) is 2.43. The van der Waals surface area contributed by atoms with Crippen LogP contribution < -0.4 is 5.32 Å². The molecule has 0 fully saturated rings. The molecule has 1 atom stereocenters. The maximum Gasteiger partial charge on any atom is 0.107 e. The number of aromatic nitrogens is 1. The van der Waals surface area contributed by atoms with Gasteiger partial charge in [0.15, 0.2) is 0 Å². The molecule has 0 aromatic carbocycles. The number of hydrogen-bond donors (Lipinski definition) is 2. The second-order valence-corrected chi connectivity index (χ2v) is 8.20. The van der Waals surface area contributed by atoms with Crippen molar-refractivity contribution >= 4 is 11.3 Å². The largest absolute Gasteiger partial charge is 0.466 e. The lowest BCUT2D eigenvalue weighted by Gasteiger charge is -2.23. The highest BCUT2D eigenvalue weighted by Gasteiger charge is 2.27. The second-order valence-electron chi connectivity index (χ2n) is 7.09. The topological polar surface area (TPSA) is 58.3 Å². The highest BCUT2D eigenvalue weighted by Crippen LogP contribution is 2.28. The van der Waals surface area contributed by atoms with Gasteiger partial charge < -0.3 is 14.8 Å². The Morgan fingerprint density at radius 3 is 2.45 bits per heavy atom. The van der Waals surface area contributed by atoms with Crippen LogP contribution in [0.25, 0.3) is 0 Å². The smallest absolute Gasteiger partial charge is 0.107 e. The van der Waals surface area contributed by atoms with Gasteiger partial charge in [-0.15, -0.1) is 11.3 Å². The van der Waals surface area contributed by atoms with E-state index in [2.05, 4.69) is 31.1 Å². The van der Waals surface area contributed by atoms with Crippen molar-refractivity contribution < 1.29 is 9.52 Å². The Hall–Kier alpha value is -1.17. The van der Waals surface area contributed by atoms with Crippen LogP contribution in [0.1, 0.15) is 54.7 Å². The summed E-state index contributed by atoms with van der Waals surface area (Å²) in [7, 11) is 0. The van der Waals surface area contributed by atoms with Crippen LogP contribution in [-0.2, 0) is 17.6 Å². The van der Waals surface area contributed by atoms with E-state index < -0.39 is 5.60 Å². The highest BCUT2D eigenvalue weighted by molar-refractivity contribution is 7.11. The van der Waals surface area contributed by atoms with Crippen LogP contribution in [0.3, 0.4) is 0 Å². The predicted molar refractivity (Wildman–Crippen MR) is 90.3 cm³/mol. The van der Waals surface area contributed by atoms with E-state index in [9.17, 15) is 5.11 Å². The molecule has 4 nitrogen and oxygen atoms in total. The second kappa shape index (κ2) is 6.14. The van der Waals surface area contributed by atoms with E-state index in [1.807, 2.05) is 33.0 Å². The molecule has 0 saturated carbocycles. The van der Waals surface area contributed by atoms with Crippen molar-refractivity contribution in [3.8, 4) is 0 Å². The molecule has 0 amide bonds. The molecule has 122 valence electrons. The van der Waals surface area contributed by atoms with Crippen LogP contribution in [0, 0.1) is 13.8 Å². The maximum atomic E-state index is 10.7. The van der Waals surface area contributed by atoms with Crippen molar-refractivity contribution in [1.82, 2.24) is 10.3 Å². The molecule has 2 rings (SSSR count). The Balaban J connectivity index is 1.95. The lowest BCUT2D eigenvalue weighted by atomic mass is 9.96. The van der Waals surface area contributed by atoms with Gasteiger partial charge in [-0.1, -0.05) is 20.8 Å². The van der Waals surface area contributed by atoms with Gasteiger partial charge in [0.25, 0.3) is 0 Å². The fourth-order valence-corrected chi connectivity index (χ4v) is 3.37. The van der Waals surface area contributed by atoms with Crippen molar-refractivity contribution in [2.45, 2.75) is 59.1 Å². The molecule has 0 radical (unpaired) electrons. The van der Waals surface area contributed by atoms with Gasteiger partial charge in [-0.25, -0.2) is 4.98 Å². The quantitative estimate of drug-likeness (QED) is 0.882.